The number of piperidine rings is 1. The topological polar surface area (TPSA) is 40.6 Å². The lowest BCUT2D eigenvalue weighted by Crippen LogP contribution is -2.44. The minimum atomic E-state index is 0.557. The summed E-state index contributed by atoms with van der Waals surface area (Å²) in [5, 5.41) is 4.97. The van der Waals surface area contributed by atoms with Crippen LogP contribution in [-0.2, 0) is 13.1 Å². The maximum atomic E-state index is 5.35. The van der Waals surface area contributed by atoms with Gasteiger partial charge in [-0.3, -0.25) is 4.90 Å². The molecule has 0 aliphatic carbocycles. The van der Waals surface area contributed by atoms with Gasteiger partial charge in [-0.1, -0.05) is 12.1 Å². The van der Waals surface area contributed by atoms with Crippen LogP contribution in [0.1, 0.15) is 36.1 Å². The predicted molar refractivity (Wildman–Crippen MR) is 112 cm³/mol. The zero-order chi connectivity index (χ0) is 18.5. The number of likely N-dealkylation sites (tertiary alicyclic amines) is 1. The fourth-order valence-corrected chi connectivity index (χ4v) is 4.99. The Hall–Kier alpha value is -1.63. The Kier molecular flexibility index (Phi) is 6.27. The first-order valence-electron chi connectivity index (χ1n) is 10.1. The van der Waals surface area contributed by atoms with Crippen LogP contribution in [0.5, 0.6) is 5.75 Å². The second kappa shape index (κ2) is 9.04. The van der Waals surface area contributed by atoms with E-state index in [1.165, 1.54) is 60.9 Å². The third kappa shape index (κ3) is 5.00. The van der Waals surface area contributed by atoms with Gasteiger partial charge in [-0.15, -0.1) is 11.3 Å². The molecule has 1 atom stereocenters. The maximum Gasteiger partial charge on any atom is 0.185 e. The first-order chi connectivity index (χ1) is 13.3. The molecule has 2 aliphatic heterocycles. The molecule has 1 N–H and O–H groups in total. The summed E-state index contributed by atoms with van der Waals surface area (Å²) in [6, 6.07) is 8.98. The lowest BCUT2D eigenvalue weighted by atomic mass is 10.0. The van der Waals surface area contributed by atoms with Crippen molar-refractivity contribution < 1.29 is 4.74 Å². The molecular weight excluding hydrogens is 356 g/mol. The molecule has 1 aromatic heterocycles. The van der Waals surface area contributed by atoms with E-state index in [9.17, 15) is 0 Å². The quantitative estimate of drug-likeness (QED) is 0.789. The van der Waals surface area contributed by atoms with Gasteiger partial charge in [-0.25, -0.2) is 4.98 Å². The molecule has 2 saturated heterocycles. The van der Waals surface area contributed by atoms with E-state index in [1.807, 2.05) is 17.4 Å². The molecule has 2 aromatic rings. The Labute approximate surface area is 166 Å². The molecular formula is C21H30N4OS. The van der Waals surface area contributed by atoms with E-state index >= 15 is 0 Å². The predicted octanol–water partition coefficient (Wildman–Crippen LogP) is 3.51. The lowest BCUT2D eigenvalue weighted by molar-refractivity contribution is 0.183. The molecule has 6 heteroatoms. The van der Waals surface area contributed by atoms with E-state index in [0.29, 0.717) is 6.04 Å². The molecule has 0 spiro atoms. The highest BCUT2D eigenvalue weighted by atomic mass is 32.1. The van der Waals surface area contributed by atoms with Crippen LogP contribution >= 0.6 is 11.3 Å². The number of hydrogen-bond acceptors (Lipinski definition) is 6. The normalized spacial score (nSPS) is 20.9. The van der Waals surface area contributed by atoms with E-state index in [2.05, 4.69) is 44.5 Å². The number of thiazole rings is 1. The minimum absolute atomic E-state index is 0.557. The Balaban J connectivity index is 1.27. The Morgan fingerprint density at radius 3 is 2.96 bits per heavy atom. The zero-order valence-corrected chi connectivity index (χ0v) is 17.0. The molecule has 5 nitrogen and oxygen atoms in total. The van der Waals surface area contributed by atoms with Gasteiger partial charge in [0.15, 0.2) is 5.13 Å². The van der Waals surface area contributed by atoms with Crippen molar-refractivity contribution >= 4 is 16.5 Å². The number of anilines is 1. The first-order valence-corrected chi connectivity index (χ1v) is 10.9. The van der Waals surface area contributed by atoms with Crippen LogP contribution in [0.15, 0.2) is 30.5 Å². The average molecular weight is 387 g/mol. The highest BCUT2D eigenvalue weighted by Crippen LogP contribution is 2.26. The second-order valence-electron chi connectivity index (χ2n) is 7.61. The van der Waals surface area contributed by atoms with Gasteiger partial charge in [0.05, 0.1) is 7.11 Å². The summed E-state index contributed by atoms with van der Waals surface area (Å²) < 4.78 is 5.35. The van der Waals surface area contributed by atoms with Crippen molar-refractivity contribution in [3.05, 3.63) is 40.9 Å². The number of rotatable bonds is 7. The SMILES string of the molecule is COc1cccc(CN2CCCC(NCc3cnc(N4CCCC4)s3)C2)c1. The van der Waals surface area contributed by atoms with Crippen LogP contribution in [0.4, 0.5) is 5.13 Å². The molecule has 146 valence electrons. The van der Waals surface area contributed by atoms with Gasteiger partial charge in [-0.2, -0.15) is 0 Å². The third-order valence-corrected chi connectivity index (χ3v) is 6.59. The van der Waals surface area contributed by atoms with Crippen LogP contribution in [0, 0.1) is 0 Å². The lowest BCUT2D eigenvalue weighted by Gasteiger charge is -2.33. The summed E-state index contributed by atoms with van der Waals surface area (Å²) in [4.78, 5) is 11.0. The number of hydrogen-bond donors (Lipinski definition) is 1. The van der Waals surface area contributed by atoms with Crippen molar-refractivity contribution in [1.29, 1.82) is 0 Å². The molecule has 1 unspecified atom stereocenters. The molecule has 0 radical (unpaired) electrons. The van der Waals surface area contributed by atoms with E-state index < -0.39 is 0 Å². The number of nitrogens with zero attached hydrogens (tertiary/aromatic N) is 3. The van der Waals surface area contributed by atoms with Gasteiger partial charge in [-0.05, 0) is 49.9 Å². The molecule has 0 amide bonds. The van der Waals surface area contributed by atoms with Crippen molar-refractivity contribution in [1.82, 2.24) is 15.2 Å². The van der Waals surface area contributed by atoms with E-state index in [1.54, 1.807) is 7.11 Å². The molecule has 2 fully saturated rings. The summed E-state index contributed by atoms with van der Waals surface area (Å²) in [7, 11) is 1.73. The Morgan fingerprint density at radius 1 is 1.22 bits per heavy atom. The van der Waals surface area contributed by atoms with Gasteiger partial charge < -0.3 is 15.0 Å². The Bertz CT molecular complexity index is 728. The van der Waals surface area contributed by atoms with Crippen LogP contribution in [-0.4, -0.2) is 49.2 Å². The largest absolute Gasteiger partial charge is 0.497 e. The van der Waals surface area contributed by atoms with Gasteiger partial charge >= 0.3 is 0 Å². The molecule has 0 bridgehead atoms. The molecule has 2 aliphatic rings. The second-order valence-corrected chi connectivity index (χ2v) is 8.70. The molecule has 4 rings (SSSR count). The van der Waals surface area contributed by atoms with Crippen LogP contribution < -0.4 is 15.0 Å². The fraction of sp³-hybridized carbons (Fsp3) is 0.571. The van der Waals surface area contributed by atoms with Crippen LogP contribution in [0.25, 0.3) is 0 Å². The highest BCUT2D eigenvalue weighted by Gasteiger charge is 2.20. The zero-order valence-electron chi connectivity index (χ0n) is 16.2. The highest BCUT2D eigenvalue weighted by molar-refractivity contribution is 7.15. The summed E-state index contributed by atoms with van der Waals surface area (Å²) in [5.74, 6) is 0.943. The van der Waals surface area contributed by atoms with Crippen molar-refractivity contribution in [2.24, 2.45) is 0 Å². The molecule has 27 heavy (non-hydrogen) atoms. The first kappa shape index (κ1) is 18.7. The molecule has 3 heterocycles. The number of benzene rings is 1. The Morgan fingerprint density at radius 2 is 2.11 bits per heavy atom. The summed E-state index contributed by atoms with van der Waals surface area (Å²) in [5.41, 5.74) is 1.33. The van der Waals surface area contributed by atoms with Crippen LogP contribution in [0.3, 0.4) is 0 Å². The monoisotopic (exact) mass is 386 g/mol. The van der Waals surface area contributed by atoms with Crippen LogP contribution in [0.2, 0.25) is 0 Å². The van der Waals surface area contributed by atoms with E-state index in [4.69, 9.17) is 4.74 Å². The molecule has 0 saturated carbocycles. The summed E-state index contributed by atoms with van der Waals surface area (Å²) in [6.45, 7) is 6.55. The van der Waals surface area contributed by atoms with Crippen molar-refractivity contribution in [3.63, 3.8) is 0 Å². The smallest absolute Gasteiger partial charge is 0.185 e. The number of ether oxygens (including phenoxy) is 1. The van der Waals surface area contributed by atoms with Crippen molar-refractivity contribution in [2.45, 2.75) is 44.8 Å². The number of aromatic nitrogens is 1. The number of methoxy groups -OCH3 is 1. The maximum absolute atomic E-state index is 5.35. The summed E-state index contributed by atoms with van der Waals surface area (Å²) in [6.07, 6.45) is 7.18. The molecule has 1 aromatic carbocycles. The average Bonchev–Trinajstić information content (AvgIpc) is 3.38. The van der Waals surface area contributed by atoms with Gasteiger partial charge in [0.25, 0.3) is 0 Å². The van der Waals surface area contributed by atoms with E-state index in [-0.39, 0.29) is 0 Å². The number of nitrogens with one attached hydrogen (secondary N) is 1. The standard InChI is InChI=1S/C21H30N4OS/c1-26-19-8-4-6-17(12-19)15-24-9-5-7-18(16-24)22-13-20-14-23-21(27-20)25-10-2-3-11-25/h4,6,8,12,14,18,22H,2-3,5,7,9-11,13,15-16H2,1H3. The third-order valence-electron chi connectivity index (χ3n) is 5.53. The van der Waals surface area contributed by atoms with Gasteiger partial charge in [0.2, 0.25) is 0 Å². The summed E-state index contributed by atoms with van der Waals surface area (Å²) >= 11 is 1.85. The fourth-order valence-electron chi connectivity index (χ4n) is 4.07. The van der Waals surface area contributed by atoms with Crippen molar-refractivity contribution in [3.8, 4) is 5.75 Å². The minimum Gasteiger partial charge on any atom is -0.497 e. The van der Waals surface area contributed by atoms with Crippen molar-refractivity contribution in [2.75, 3.05) is 38.2 Å². The van der Waals surface area contributed by atoms with Gasteiger partial charge in [0.1, 0.15) is 5.75 Å². The van der Waals surface area contributed by atoms with E-state index in [0.717, 1.165) is 25.4 Å². The van der Waals surface area contributed by atoms with Gasteiger partial charge in [0, 0.05) is 49.8 Å².